The molecule has 0 saturated heterocycles. The Bertz CT molecular complexity index is 345. The summed E-state index contributed by atoms with van der Waals surface area (Å²) in [4.78, 5) is 3.98. The van der Waals surface area contributed by atoms with Crippen LogP contribution in [0.3, 0.4) is 0 Å². The smallest absolute Gasteiger partial charge is 0.110 e. The van der Waals surface area contributed by atoms with E-state index in [9.17, 15) is 0 Å². The fraction of sp³-hybridized carbons (Fsp3) is 0.455. The first-order chi connectivity index (χ1) is 6.70. The third-order valence-corrected chi connectivity index (χ3v) is 2.02. The van der Waals surface area contributed by atoms with Gasteiger partial charge in [-0.3, -0.25) is 10.1 Å². The summed E-state index contributed by atoms with van der Waals surface area (Å²) in [5.74, 6) is 0.452. The standard InChI is InChI=1S/C11H17N3/c1-5-6-9-10(7-12-4)13-14-11(9)8(2)3/h5-8H,1-4H3,(H,13,14)/b6-5-,12-7-. The highest BCUT2D eigenvalue weighted by molar-refractivity contribution is 5.83. The van der Waals surface area contributed by atoms with E-state index in [4.69, 9.17) is 0 Å². The second-order valence-corrected chi connectivity index (χ2v) is 3.48. The molecule has 1 aromatic heterocycles. The molecule has 0 bridgehead atoms. The number of allylic oxidation sites excluding steroid dienone is 1. The third-order valence-electron chi connectivity index (χ3n) is 2.02. The molecule has 1 heterocycles. The molecule has 0 fully saturated rings. The summed E-state index contributed by atoms with van der Waals surface area (Å²) in [5.41, 5.74) is 3.22. The Kier molecular flexibility index (Phi) is 3.63. The van der Waals surface area contributed by atoms with Gasteiger partial charge in [0.25, 0.3) is 0 Å². The zero-order valence-electron chi connectivity index (χ0n) is 9.20. The molecular weight excluding hydrogens is 174 g/mol. The summed E-state index contributed by atoms with van der Waals surface area (Å²) < 4.78 is 0. The van der Waals surface area contributed by atoms with Gasteiger partial charge in [-0.05, 0) is 12.8 Å². The van der Waals surface area contributed by atoms with Crippen molar-refractivity contribution < 1.29 is 0 Å². The number of aromatic amines is 1. The maximum atomic E-state index is 4.22. The van der Waals surface area contributed by atoms with Gasteiger partial charge in [-0.25, -0.2) is 0 Å². The van der Waals surface area contributed by atoms with Crippen molar-refractivity contribution in [3.05, 3.63) is 23.0 Å². The molecule has 0 aromatic carbocycles. The van der Waals surface area contributed by atoms with Gasteiger partial charge < -0.3 is 0 Å². The van der Waals surface area contributed by atoms with Gasteiger partial charge in [0, 0.05) is 24.5 Å². The fourth-order valence-electron chi connectivity index (χ4n) is 1.38. The molecule has 0 unspecified atom stereocenters. The number of hydrogen-bond acceptors (Lipinski definition) is 2. The summed E-state index contributed by atoms with van der Waals surface area (Å²) in [7, 11) is 1.75. The zero-order valence-corrected chi connectivity index (χ0v) is 9.20. The molecule has 0 aliphatic rings. The molecule has 1 rings (SSSR count). The highest BCUT2D eigenvalue weighted by Gasteiger charge is 2.11. The number of hydrogen-bond donors (Lipinski definition) is 1. The quantitative estimate of drug-likeness (QED) is 0.733. The van der Waals surface area contributed by atoms with E-state index in [1.54, 1.807) is 13.3 Å². The van der Waals surface area contributed by atoms with Gasteiger partial charge in [-0.1, -0.05) is 26.0 Å². The molecule has 0 radical (unpaired) electrons. The van der Waals surface area contributed by atoms with Crippen LogP contribution in [0.2, 0.25) is 0 Å². The van der Waals surface area contributed by atoms with Crippen LogP contribution in [0.1, 0.15) is 43.6 Å². The van der Waals surface area contributed by atoms with E-state index in [0.717, 1.165) is 17.0 Å². The van der Waals surface area contributed by atoms with E-state index >= 15 is 0 Å². The van der Waals surface area contributed by atoms with Crippen LogP contribution in [-0.4, -0.2) is 23.5 Å². The van der Waals surface area contributed by atoms with E-state index in [-0.39, 0.29) is 0 Å². The average Bonchev–Trinajstić information content (AvgIpc) is 2.50. The van der Waals surface area contributed by atoms with Crippen molar-refractivity contribution in [3.8, 4) is 0 Å². The van der Waals surface area contributed by atoms with Gasteiger partial charge >= 0.3 is 0 Å². The highest BCUT2D eigenvalue weighted by atomic mass is 15.1. The van der Waals surface area contributed by atoms with E-state index in [0.29, 0.717) is 5.92 Å². The number of nitrogens with one attached hydrogen (secondary N) is 1. The van der Waals surface area contributed by atoms with Crippen LogP contribution in [-0.2, 0) is 0 Å². The predicted octanol–water partition coefficient (Wildman–Crippen LogP) is 2.61. The molecule has 76 valence electrons. The van der Waals surface area contributed by atoms with Crippen molar-refractivity contribution >= 4 is 12.3 Å². The minimum atomic E-state index is 0.452. The van der Waals surface area contributed by atoms with Crippen molar-refractivity contribution in [3.63, 3.8) is 0 Å². The Labute approximate surface area is 85.0 Å². The summed E-state index contributed by atoms with van der Waals surface area (Å²) >= 11 is 0. The van der Waals surface area contributed by atoms with Crippen LogP contribution < -0.4 is 0 Å². The van der Waals surface area contributed by atoms with Crippen molar-refractivity contribution in [2.75, 3.05) is 7.05 Å². The van der Waals surface area contributed by atoms with Gasteiger partial charge in [0.05, 0.1) is 0 Å². The van der Waals surface area contributed by atoms with Gasteiger partial charge in [0.2, 0.25) is 0 Å². The van der Waals surface area contributed by atoms with E-state index < -0.39 is 0 Å². The molecule has 3 heteroatoms. The molecule has 0 saturated carbocycles. The van der Waals surface area contributed by atoms with Crippen LogP contribution in [0.4, 0.5) is 0 Å². The van der Waals surface area contributed by atoms with Crippen LogP contribution in [0.5, 0.6) is 0 Å². The molecule has 0 aliphatic carbocycles. The lowest BCUT2D eigenvalue weighted by Gasteiger charge is -2.02. The Balaban J connectivity index is 3.19. The molecule has 0 amide bonds. The Hall–Kier alpha value is -1.38. The summed E-state index contributed by atoms with van der Waals surface area (Å²) in [5, 5.41) is 7.27. The molecular formula is C11H17N3. The second kappa shape index (κ2) is 4.74. The monoisotopic (exact) mass is 191 g/mol. The minimum Gasteiger partial charge on any atom is -0.294 e. The number of aromatic nitrogens is 2. The Morgan fingerprint density at radius 1 is 1.43 bits per heavy atom. The SMILES string of the molecule is C/C=C\c1c(/C=N\C)n[nH]c1C(C)C. The first-order valence-electron chi connectivity index (χ1n) is 4.83. The number of H-pyrrole nitrogens is 1. The minimum absolute atomic E-state index is 0.452. The van der Waals surface area contributed by atoms with Gasteiger partial charge in [0.1, 0.15) is 5.69 Å². The molecule has 14 heavy (non-hydrogen) atoms. The molecule has 1 N–H and O–H groups in total. The zero-order chi connectivity index (χ0) is 10.6. The first kappa shape index (κ1) is 10.7. The summed E-state index contributed by atoms with van der Waals surface area (Å²) in [6.45, 7) is 6.30. The van der Waals surface area contributed by atoms with Crippen LogP contribution in [0.15, 0.2) is 11.1 Å². The van der Waals surface area contributed by atoms with E-state index in [1.807, 2.05) is 13.0 Å². The van der Waals surface area contributed by atoms with Crippen LogP contribution in [0.25, 0.3) is 6.08 Å². The van der Waals surface area contributed by atoms with Crippen molar-refractivity contribution in [2.45, 2.75) is 26.7 Å². The molecule has 0 spiro atoms. The third kappa shape index (κ3) is 2.10. The molecule has 0 aliphatic heterocycles. The maximum absolute atomic E-state index is 4.22. The van der Waals surface area contributed by atoms with E-state index in [2.05, 4.69) is 35.1 Å². The Morgan fingerprint density at radius 2 is 2.14 bits per heavy atom. The van der Waals surface area contributed by atoms with Crippen molar-refractivity contribution in [2.24, 2.45) is 4.99 Å². The van der Waals surface area contributed by atoms with Crippen molar-refractivity contribution in [1.82, 2.24) is 10.2 Å². The summed E-state index contributed by atoms with van der Waals surface area (Å²) in [6, 6.07) is 0. The van der Waals surface area contributed by atoms with Crippen LogP contribution in [0, 0.1) is 0 Å². The maximum Gasteiger partial charge on any atom is 0.110 e. The lowest BCUT2D eigenvalue weighted by atomic mass is 10.0. The van der Waals surface area contributed by atoms with Gasteiger partial charge in [-0.15, -0.1) is 0 Å². The second-order valence-electron chi connectivity index (χ2n) is 3.48. The average molecular weight is 191 g/mol. The van der Waals surface area contributed by atoms with Gasteiger partial charge in [0.15, 0.2) is 0 Å². The largest absolute Gasteiger partial charge is 0.294 e. The normalized spacial score (nSPS) is 12.4. The number of nitrogens with zero attached hydrogens (tertiary/aromatic N) is 2. The predicted molar refractivity (Wildman–Crippen MR) is 60.9 cm³/mol. The van der Waals surface area contributed by atoms with Crippen LogP contribution >= 0.6 is 0 Å². The fourth-order valence-corrected chi connectivity index (χ4v) is 1.38. The molecule has 1 aromatic rings. The van der Waals surface area contributed by atoms with Crippen molar-refractivity contribution in [1.29, 1.82) is 0 Å². The van der Waals surface area contributed by atoms with E-state index in [1.165, 1.54) is 0 Å². The first-order valence-corrected chi connectivity index (χ1v) is 4.83. The molecule has 0 atom stereocenters. The summed E-state index contributed by atoms with van der Waals surface area (Å²) in [6.07, 6.45) is 5.86. The number of rotatable bonds is 3. The van der Waals surface area contributed by atoms with Gasteiger partial charge in [-0.2, -0.15) is 5.10 Å². The Morgan fingerprint density at radius 3 is 2.64 bits per heavy atom. The number of aliphatic imine (C=N–C) groups is 1. The highest BCUT2D eigenvalue weighted by Crippen LogP contribution is 2.20. The topological polar surface area (TPSA) is 41.0 Å². The lowest BCUT2D eigenvalue weighted by molar-refractivity contribution is 0.808. The lowest BCUT2D eigenvalue weighted by Crippen LogP contribution is -1.91. The molecule has 3 nitrogen and oxygen atoms in total.